The maximum atomic E-state index is 10.4. The molecule has 0 fully saturated rings. The lowest BCUT2D eigenvalue weighted by Gasteiger charge is -2.13. The number of halogens is 2. The molecule has 0 aliphatic carbocycles. The summed E-state index contributed by atoms with van der Waals surface area (Å²) < 4.78 is 0. The van der Waals surface area contributed by atoms with Gasteiger partial charge in [0.1, 0.15) is 4.83 Å². The molecule has 10 heavy (non-hydrogen) atoms. The van der Waals surface area contributed by atoms with Gasteiger partial charge in [-0.15, -0.1) is 0 Å². The standard InChI is InChI=1S/C6H10Br2O2/c1-2-4(3-7)5(8)6(9)10/h4-5H,2-3H2,1H3,(H,9,10). The molecular formula is C6H10Br2O2. The average Bonchev–Trinajstić information content (AvgIpc) is 1.90. The fraction of sp³-hybridized carbons (Fsp3) is 0.833. The van der Waals surface area contributed by atoms with E-state index in [-0.39, 0.29) is 5.92 Å². The molecule has 0 aliphatic heterocycles. The molecule has 60 valence electrons. The Hall–Kier alpha value is 0.430. The van der Waals surface area contributed by atoms with Crippen molar-refractivity contribution in [1.82, 2.24) is 0 Å². The van der Waals surface area contributed by atoms with Crippen LogP contribution in [0.15, 0.2) is 0 Å². The van der Waals surface area contributed by atoms with Gasteiger partial charge in [-0.3, -0.25) is 4.79 Å². The van der Waals surface area contributed by atoms with E-state index in [0.29, 0.717) is 0 Å². The number of hydrogen-bond acceptors (Lipinski definition) is 1. The Labute approximate surface area is 77.3 Å². The smallest absolute Gasteiger partial charge is 0.317 e. The van der Waals surface area contributed by atoms with E-state index < -0.39 is 10.8 Å². The molecule has 0 spiro atoms. The maximum absolute atomic E-state index is 10.4. The van der Waals surface area contributed by atoms with Crippen molar-refractivity contribution in [3.63, 3.8) is 0 Å². The van der Waals surface area contributed by atoms with Crippen molar-refractivity contribution in [3.05, 3.63) is 0 Å². The molecule has 1 N–H and O–H groups in total. The lowest BCUT2D eigenvalue weighted by molar-refractivity contribution is -0.137. The van der Waals surface area contributed by atoms with E-state index in [9.17, 15) is 4.79 Å². The van der Waals surface area contributed by atoms with Crippen LogP contribution in [0.4, 0.5) is 0 Å². The van der Waals surface area contributed by atoms with Crippen LogP contribution < -0.4 is 0 Å². The lowest BCUT2D eigenvalue weighted by Crippen LogP contribution is -2.24. The van der Waals surface area contributed by atoms with E-state index in [0.717, 1.165) is 11.8 Å². The summed E-state index contributed by atoms with van der Waals surface area (Å²) in [7, 11) is 0. The Morgan fingerprint density at radius 2 is 2.20 bits per heavy atom. The van der Waals surface area contributed by atoms with Gasteiger partial charge in [0.15, 0.2) is 0 Å². The highest BCUT2D eigenvalue weighted by Crippen LogP contribution is 2.18. The second-order valence-electron chi connectivity index (χ2n) is 2.06. The van der Waals surface area contributed by atoms with Crippen molar-refractivity contribution < 1.29 is 9.90 Å². The van der Waals surface area contributed by atoms with Crippen molar-refractivity contribution in [2.75, 3.05) is 5.33 Å². The molecule has 0 saturated heterocycles. The first-order chi connectivity index (χ1) is 4.63. The first-order valence-corrected chi connectivity index (χ1v) is 5.10. The number of hydrogen-bond donors (Lipinski definition) is 1. The van der Waals surface area contributed by atoms with E-state index in [2.05, 4.69) is 31.9 Å². The Kier molecular flexibility index (Phi) is 5.35. The van der Waals surface area contributed by atoms with Gasteiger partial charge in [0.05, 0.1) is 0 Å². The number of carbonyl (C=O) groups is 1. The summed E-state index contributed by atoms with van der Waals surface area (Å²) in [6.45, 7) is 1.98. The predicted molar refractivity (Wildman–Crippen MR) is 47.9 cm³/mol. The Balaban J connectivity index is 3.88. The van der Waals surface area contributed by atoms with Gasteiger partial charge in [0.25, 0.3) is 0 Å². The fourth-order valence-corrected chi connectivity index (χ4v) is 2.49. The minimum absolute atomic E-state index is 0.178. The normalized spacial score (nSPS) is 16.3. The quantitative estimate of drug-likeness (QED) is 0.798. The van der Waals surface area contributed by atoms with Crippen LogP contribution in [0.25, 0.3) is 0 Å². The molecule has 0 saturated carbocycles. The van der Waals surface area contributed by atoms with E-state index in [1.807, 2.05) is 6.92 Å². The number of aliphatic carboxylic acids is 1. The molecule has 0 aliphatic rings. The Morgan fingerprint density at radius 3 is 2.30 bits per heavy atom. The van der Waals surface area contributed by atoms with Crippen molar-refractivity contribution in [1.29, 1.82) is 0 Å². The van der Waals surface area contributed by atoms with Crippen molar-refractivity contribution in [2.45, 2.75) is 18.2 Å². The predicted octanol–water partition coefficient (Wildman–Crippen LogP) is 2.26. The van der Waals surface area contributed by atoms with Gasteiger partial charge >= 0.3 is 5.97 Å². The summed E-state index contributed by atoms with van der Waals surface area (Å²) in [4.78, 5) is 9.97. The van der Waals surface area contributed by atoms with Gasteiger partial charge in [-0.1, -0.05) is 45.2 Å². The zero-order valence-electron chi connectivity index (χ0n) is 5.68. The van der Waals surface area contributed by atoms with E-state index in [1.165, 1.54) is 0 Å². The molecule has 0 radical (unpaired) electrons. The SMILES string of the molecule is CCC(CBr)C(Br)C(=O)O. The van der Waals surface area contributed by atoms with Crippen molar-refractivity contribution >= 4 is 37.8 Å². The zero-order chi connectivity index (χ0) is 8.15. The topological polar surface area (TPSA) is 37.3 Å². The molecule has 0 aromatic rings. The second-order valence-corrected chi connectivity index (χ2v) is 3.70. The fourth-order valence-electron chi connectivity index (χ4n) is 0.596. The molecule has 2 atom stereocenters. The summed E-state index contributed by atoms with van der Waals surface area (Å²) in [5, 5.41) is 9.27. The van der Waals surface area contributed by atoms with Crippen LogP contribution in [0.1, 0.15) is 13.3 Å². The van der Waals surface area contributed by atoms with Crippen LogP contribution in [-0.2, 0) is 4.79 Å². The zero-order valence-corrected chi connectivity index (χ0v) is 8.85. The number of carboxylic acids is 1. The molecule has 0 amide bonds. The van der Waals surface area contributed by atoms with Gasteiger partial charge in [-0.2, -0.15) is 0 Å². The van der Waals surface area contributed by atoms with Crippen LogP contribution in [0, 0.1) is 5.92 Å². The van der Waals surface area contributed by atoms with E-state index >= 15 is 0 Å². The van der Waals surface area contributed by atoms with E-state index in [1.54, 1.807) is 0 Å². The average molecular weight is 274 g/mol. The molecular weight excluding hydrogens is 264 g/mol. The lowest BCUT2D eigenvalue weighted by atomic mass is 10.1. The summed E-state index contributed by atoms with van der Waals surface area (Å²) >= 11 is 6.35. The Morgan fingerprint density at radius 1 is 1.70 bits per heavy atom. The summed E-state index contributed by atoms with van der Waals surface area (Å²) in [6, 6.07) is 0. The number of rotatable bonds is 4. The number of carboxylic acid groups (broad SMARTS) is 1. The Bertz CT molecular complexity index is 112. The highest BCUT2D eigenvalue weighted by molar-refractivity contribution is 9.10. The molecule has 0 heterocycles. The minimum Gasteiger partial charge on any atom is -0.480 e. The van der Waals surface area contributed by atoms with Gasteiger partial charge in [-0.25, -0.2) is 0 Å². The second kappa shape index (κ2) is 5.13. The first kappa shape index (κ1) is 10.4. The third-order valence-corrected chi connectivity index (χ3v) is 3.34. The highest BCUT2D eigenvalue weighted by Gasteiger charge is 2.22. The van der Waals surface area contributed by atoms with Crippen LogP contribution >= 0.6 is 31.9 Å². The van der Waals surface area contributed by atoms with Crippen LogP contribution in [0.3, 0.4) is 0 Å². The monoisotopic (exact) mass is 272 g/mol. The van der Waals surface area contributed by atoms with Gasteiger partial charge in [0, 0.05) is 5.33 Å². The van der Waals surface area contributed by atoms with Crippen LogP contribution in [-0.4, -0.2) is 21.2 Å². The molecule has 0 bridgehead atoms. The summed E-state index contributed by atoms with van der Waals surface area (Å²) in [5.74, 6) is -0.608. The largest absolute Gasteiger partial charge is 0.480 e. The van der Waals surface area contributed by atoms with Gasteiger partial charge < -0.3 is 5.11 Å². The van der Waals surface area contributed by atoms with Gasteiger partial charge in [-0.05, 0) is 5.92 Å². The minimum atomic E-state index is -0.786. The number of alkyl halides is 2. The molecule has 2 nitrogen and oxygen atoms in total. The molecule has 0 rings (SSSR count). The van der Waals surface area contributed by atoms with Crippen molar-refractivity contribution in [3.8, 4) is 0 Å². The maximum Gasteiger partial charge on any atom is 0.317 e. The van der Waals surface area contributed by atoms with Crippen LogP contribution in [0.2, 0.25) is 0 Å². The first-order valence-electron chi connectivity index (χ1n) is 3.06. The van der Waals surface area contributed by atoms with Crippen LogP contribution in [0.5, 0.6) is 0 Å². The highest BCUT2D eigenvalue weighted by atomic mass is 79.9. The van der Waals surface area contributed by atoms with E-state index in [4.69, 9.17) is 5.11 Å². The summed E-state index contributed by atoms with van der Waals surface area (Å²) in [5.41, 5.74) is 0. The molecule has 0 aromatic carbocycles. The third-order valence-electron chi connectivity index (χ3n) is 1.37. The molecule has 0 aromatic heterocycles. The summed E-state index contributed by atoms with van der Waals surface area (Å²) in [6.07, 6.45) is 0.869. The third kappa shape index (κ3) is 3.01. The van der Waals surface area contributed by atoms with Gasteiger partial charge in [0.2, 0.25) is 0 Å². The molecule has 4 heteroatoms. The molecule has 2 unspecified atom stereocenters. The van der Waals surface area contributed by atoms with Crippen molar-refractivity contribution in [2.24, 2.45) is 5.92 Å².